The van der Waals surface area contributed by atoms with Gasteiger partial charge >= 0.3 is 6.03 Å². The largest absolute Gasteiger partial charge is 0.325 e. The van der Waals surface area contributed by atoms with Crippen molar-refractivity contribution in [2.75, 3.05) is 0 Å². The van der Waals surface area contributed by atoms with Crippen molar-refractivity contribution in [2.24, 2.45) is 0 Å². The topological polar surface area (TPSA) is 23.6 Å². The van der Waals surface area contributed by atoms with Crippen LogP contribution in [-0.4, -0.2) is 15.8 Å². The number of hydrogen-bond donors (Lipinski definition) is 0. The summed E-state index contributed by atoms with van der Waals surface area (Å²) in [5, 5.41) is 0. The molecule has 0 unspecified atom stereocenters. The van der Waals surface area contributed by atoms with E-state index in [0.29, 0.717) is 0 Å². The minimum atomic E-state index is -1.45. The molecule has 0 saturated carbocycles. The molecule has 0 bridgehead atoms. The Morgan fingerprint density at radius 3 is 0.338 bits per heavy atom. The predicted octanol–water partition coefficient (Wildman–Crippen LogP) is 17.7. The van der Waals surface area contributed by atoms with Crippen molar-refractivity contribution in [1.82, 2.24) is 9.80 Å². The normalized spacial score (nSPS) is 11.8. The van der Waals surface area contributed by atoms with E-state index >= 15 is 4.79 Å². The molecule has 12 aromatic carbocycles. The molecule has 0 fully saturated rings. The molecule has 0 radical (unpaired) electrons. The molecule has 12 aromatic rings. The molecule has 0 aliphatic heterocycles. The number of carbonyl (C=O) groups excluding carboxylic acids is 1. The van der Waals surface area contributed by atoms with E-state index in [9.17, 15) is 0 Å². The molecule has 0 spiro atoms. The smallest absolute Gasteiger partial charge is 0.289 e. The van der Waals surface area contributed by atoms with Gasteiger partial charge in [0.05, 0.1) is 0 Å². The minimum Gasteiger partial charge on any atom is -0.289 e. The lowest BCUT2D eigenvalue weighted by atomic mass is 9.66. The quantitative estimate of drug-likeness (QED) is 0.0885. The lowest BCUT2D eigenvalue weighted by Crippen LogP contribution is -2.71. The number of hydrogen-bond acceptors (Lipinski definition) is 1. The van der Waals surface area contributed by atoms with Gasteiger partial charge in [0, 0.05) is 0 Å². The summed E-state index contributed by atoms with van der Waals surface area (Å²) in [6, 6.07) is 128. The van der Waals surface area contributed by atoms with Crippen LogP contribution < -0.4 is 0 Å². The van der Waals surface area contributed by atoms with E-state index in [1.54, 1.807) is 0 Å². The molecule has 0 heterocycles. The van der Waals surface area contributed by atoms with E-state index in [1.807, 2.05) is 0 Å². The molecule has 3 nitrogen and oxygen atoms in total. The van der Waals surface area contributed by atoms with Gasteiger partial charge in [0.1, 0.15) is 22.2 Å². The Kier molecular flexibility index (Phi) is 14.2. The van der Waals surface area contributed by atoms with Gasteiger partial charge in [-0.1, -0.05) is 364 Å². The fraction of sp³-hybridized carbons (Fsp3) is 0.0519. The maximum atomic E-state index is 20.2. The Labute approximate surface area is 471 Å². The minimum absolute atomic E-state index is 0.272. The molecular formula is C77H60N2O. The van der Waals surface area contributed by atoms with Crippen molar-refractivity contribution in [1.29, 1.82) is 0 Å². The number of rotatable bonds is 16. The summed E-state index contributed by atoms with van der Waals surface area (Å²) >= 11 is 0. The maximum absolute atomic E-state index is 20.2. The predicted molar refractivity (Wildman–Crippen MR) is 326 cm³/mol. The second-order valence-electron chi connectivity index (χ2n) is 20.2. The molecule has 12 rings (SSSR count). The maximum Gasteiger partial charge on any atom is 0.325 e. The Balaban J connectivity index is 1.43. The fourth-order valence-corrected chi connectivity index (χ4v) is 12.9. The van der Waals surface area contributed by atoms with Gasteiger partial charge in [0.2, 0.25) is 0 Å². The van der Waals surface area contributed by atoms with E-state index in [-0.39, 0.29) is 6.03 Å². The van der Waals surface area contributed by atoms with E-state index in [0.717, 1.165) is 66.8 Å². The van der Waals surface area contributed by atoms with Crippen molar-refractivity contribution < 1.29 is 4.79 Å². The van der Waals surface area contributed by atoms with Crippen molar-refractivity contribution in [3.63, 3.8) is 0 Å². The standard InChI is InChI=1S/C77H60N2O/c80-73(78(74(61-37-13-1-14-38-61,62-39-15-2-16-40-62)63-41-17-3-18-42-63)75(64-43-19-4-20-44-64,65-45-21-5-22-46-65)66-47-23-6-24-48-66)79(76(67-49-25-7-26-50-67,68-51-27-8-28-52-68)69-53-29-9-30-54-69)77(70-55-31-10-32-56-70,71-57-33-11-34-58-71)72-59-35-12-36-60-72/h1-60H. The summed E-state index contributed by atoms with van der Waals surface area (Å²) in [5.74, 6) is 0. The van der Waals surface area contributed by atoms with Crippen molar-refractivity contribution in [3.8, 4) is 0 Å². The van der Waals surface area contributed by atoms with Crippen LogP contribution in [-0.2, 0) is 22.2 Å². The molecule has 0 atom stereocenters. The highest BCUT2D eigenvalue weighted by molar-refractivity contribution is 5.87. The van der Waals surface area contributed by atoms with Crippen LogP contribution >= 0.6 is 0 Å². The first-order valence-electron chi connectivity index (χ1n) is 27.5. The van der Waals surface area contributed by atoms with Gasteiger partial charge in [-0.2, -0.15) is 0 Å². The molecular weight excluding hydrogens is 969 g/mol. The van der Waals surface area contributed by atoms with Gasteiger partial charge in [-0.05, 0) is 66.8 Å². The van der Waals surface area contributed by atoms with Gasteiger partial charge in [0.25, 0.3) is 0 Å². The van der Waals surface area contributed by atoms with Gasteiger partial charge in [-0.15, -0.1) is 0 Å². The average molecular weight is 1030 g/mol. The Morgan fingerprint density at radius 1 is 0.163 bits per heavy atom. The van der Waals surface area contributed by atoms with E-state index in [2.05, 4.69) is 374 Å². The SMILES string of the molecule is O=C(N(C(c1ccccc1)(c1ccccc1)c1ccccc1)C(c1ccccc1)(c1ccccc1)c1ccccc1)N(C(c1ccccc1)(c1ccccc1)c1ccccc1)C(c1ccccc1)(c1ccccc1)c1ccccc1. The van der Waals surface area contributed by atoms with Crippen molar-refractivity contribution in [2.45, 2.75) is 22.2 Å². The Bertz CT molecular complexity index is 2960. The zero-order valence-corrected chi connectivity index (χ0v) is 44.4. The number of carbonyl (C=O) groups is 1. The summed E-state index contributed by atoms with van der Waals surface area (Å²) in [4.78, 5) is 24.8. The molecule has 0 aliphatic rings. The first kappa shape index (κ1) is 50.7. The summed E-state index contributed by atoms with van der Waals surface area (Å²) in [7, 11) is 0. The summed E-state index contributed by atoms with van der Waals surface area (Å²) < 4.78 is 0. The third kappa shape index (κ3) is 8.43. The first-order chi connectivity index (χ1) is 39.7. The van der Waals surface area contributed by atoms with Gasteiger partial charge in [0.15, 0.2) is 0 Å². The van der Waals surface area contributed by atoms with Gasteiger partial charge in [-0.25, -0.2) is 4.79 Å². The van der Waals surface area contributed by atoms with Crippen LogP contribution in [0.2, 0.25) is 0 Å². The molecule has 0 aromatic heterocycles. The van der Waals surface area contributed by atoms with Crippen LogP contribution in [0.1, 0.15) is 66.8 Å². The molecule has 384 valence electrons. The van der Waals surface area contributed by atoms with Crippen LogP contribution in [0.3, 0.4) is 0 Å². The number of nitrogens with zero attached hydrogens (tertiary/aromatic N) is 2. The number of amides is 2. The summed E-state index contributed by atoms with van der Waals surface area (Å²) in [6.45, 7) is 0. The molecule has 3 heteroatoms. The highest BCUT2D eigenvalue weighted by Gasteiger charge is 2.64. The third-order valence-electron chi connectivity index (χ3n) is 16.0. The molecule has 0 aliphatic carbocycles. The molecule has 0 N–H and O–H groups in total. The van der Waals surface area contributed by atoms with E-state index < -0.39 is 22.2 Å². The number of benzene rings is 12. The highest BCUT2D eigenvalue weighted by Crippen LogP contribution is 2.60. The van der Waals surface area contributed by atoms with Crippen LogP contribution in [0.4, 0.5) is 4.79 Å². The van der Waals surface area contributed by atoms with Crippen molar-refractivity contribution in [3.05, 3.63) is 431 Å². The fourth-order valence-electron chi connectivity index (χ4n) is 12.9. The summed E-state index contributed by atoms with van der Waals surface area (Å²) in [5.41, 5.74) is 4.94. The van der Waals surface area contributed by atoms with Crippen LogP contribution in [0.25, 0.3) is 0 Å². The van der Waals surface area contributed by atoms with E-state index in [4.69, 9.17) is 0 Å². The second-order valence-corrected chi connectivity index (χ2v) is 20.2. The highest BCUT2D eigenvalue weighted by atomic mass is 16.2. The zero-order valence-electron chi connectivity index (χ0n) is 44.4. The lowest BCUT2D eigenvalue weighted by Gasteiger charge is -2.62. The monoisotopic (exact) mass is 1030 g/mol. The molecule has 80 heavy (non-hydrogen) atoms. The van der Waals surface area contributed by atoms with Crippen LogP contribution in [0, 0.1) is 0 Å². The molecule has 0 saturated heterocycles. The summed E-state index contributed by atoms with van der Waals surface area (Å²) in [6.07, 6.45) is 0. The van der Waals surface area contributed by atoms with Gasteiger partial charge in [-0.3, -0.25) is 9.80 Å². The first-order valence-corrected chi connectivity index (χ1v) is 27.5. The average Bonchev–Trinajstić information content (AvgIpc) is 3.74. The van der Waals surface area contributed by atoms with Crippen LogP contribution in [0.15, 0.2) is 364 Å². The second kappa shape index (κ2) is 22.5. The van der Waals surface area contributed by atoms with Gasteiger partial charge < -0.3 is 0 Å². The zero-order chi connectivity index (χ0) is 54.1. The van der Waals surface area contributed by atoms with E-state index in [1.165, 1.54) is 0 Å². The Hall–Kier alpha value is -10.1. The third-order valence-corrected chi connectivity index (χ3v) is 16.0. The lowest BCUT2D eigenvalue weighted by molar-refractivity contribution is 0.0211. The van der Waals surface area contributed by atoms with Crippen LogP contribution in [0.5, 0.6) is 0 Å². The molecule has 2 amide bonds. The Morgan fingerprint density at radius 2 is 0.250 bits per heavy atom. The number of urea groups is 1. The van der Waals surface area contributed by atoms with Crippen molar-refractivity contribution >= 4 is 6.03 Å².